The molecule has 0 aliphatic carbocycles. The fourth-order valence-electron chi connectivity index (χ4n) is 1.32. The van der Waals surface area contributed by atoms with Crippen molar-refractivity contribution in [2.75, 3.05) is 12.4 Å². The van der Waals surface area contributed by atoms with E-state index >= 15 is 0 Å². The van der Waals surface area contributed by atoms with E-state index in [0.29, 0.717) is 34.0 Å². The van der Waals surface area contributed by atoms with Crippen LogP contribution in [0.4, 0.5) is 0 Å². The summed E-state index contributed by atoms with van der Waals surface area (Å²) in [5.74, 6) is 0.725. The number of benzene rings is 1. The van der Waals surface area contributed by atoms with Gasteiger partial charge >= 0.3 is 0 Å². The first-order valence-electron chi connectivity index (χ1n) is 5.33. The van der Waals surface area contributed by atoms with Crippen LogP contribution in [-0.2, 0) is 0 Å². The largest absolute Gasteiger partial charge is 0.352 e. The van der Waals surface area contributed by atoms with E-state index in [4.69, 9.17) is 34.8 Å². The molecule has 0 aromatic heterocycles. The molecule has 1 rings (SSSR count). The molecule has 0 aliphatic heterocycles. The zero-order chi connectivity index (χ0) is 12.8. The Morgan fingerprint density at radius 2 is 2.12 bits per heavy atom. The van der Waals surface area contributed by atoms with Crippen molar-refractivity contribution in [3.8, 4) is 0 Å². The lowest BCUT2D eigenvalue weighted by Crippen LogP contribution is -2.28. The van der Waals surface area contributed by atoms with Gasteiger partial charge in [0.05, 0.1) is 10.6 Å². The van der Waals surface area contributed by atoms with Gasteiger partial charge in [-0.05, 0) is 30.5 Å². The number of hydrogen-bond donors (Lipinski definition) is 1. The van der Waals surface area contributed by atoms with Crippen LogP contribution in [0.1, 0.15) is 23.7 Å². The molecule has 1 unspecified atom stereocenters. The van der Waals surface area contributed by atoms with Gasteiger partial charge in [0.1, 0.15) is 0 Å². The van der Waals surface area contributed by atoms with Gasteiger partial charge in [-0.15, -0.1) is 11.6 Å². The second kappa shape index (κ2) is 7.10. The highest BCUT2D eigenvalue weighted by Crippen LogP contribution is 2.20. The summed E-state index contributed by atoms with van der Waals surface area (Å²) in [6.45, 7) is 2.61. The van der Waals surface area contributed by atoms with Crippen molar-refractivity contribution in [3.05, 3.63) is 33.8 Å². The highest BCUT2D eigenvalue weighted by molar-refractivity contribution is 6.35. The Kier molecular flexibility index (Phi) is 6.10. The summed E-state index contributed by atoms with van der Waals surface area (Å²) in [6, 6.07) is 4.82. The minimum Gasteiger partial charge on any atom is -0.352 e. The van der Waals surface area contributed by atoms with Crippen LogP contribution in [0.3, 0.4) is 0 Å². The number of alkyl halides is 1. The Labute approximate surface area is 116 Å². The molecule has 0 saturated carbocycles. The monoisotopic (exact) mass is 293 g/mol. The van der Waals surface area contributed by atoms with Gasteiger partial charge in [-0.3, -0.25) is 4.79 Å². The predicted molar refractivity (Wildman–Crippen MR) is 73.3 cm³/mol. The zero-order valence-electron chi connectivity index (χ0n) is 9.47. The van der Waals surface area contributed by atoms with Crippen LogP contribution in [0.15, 0.2) is 18.2 Å². The Balaban J connectivity index is 2.61. The number of hydrogen-bond acceptors (Lipinski definition) is 1. The molecule has 1 N–H and O–H groups in total. The van der Waals surface area contributed by atoms with Crippen LogP contribution in [0.5, 0.6) is 0 Å². The molecule has 0 fully saturated rings. The van der Waals surface area contributed by atoms with Gasteiger partial charge in [-0.1, -0.05) is 30.1 Å². The Morgan fingerprint density at radius 3 is 2.76 bits per heavy atom. The Bertz CT molecular complexity index is 395. The Morgan fingerprint density at radius 1 is 1.41 bits per heavy atom. The zero-order valence-corrected chi connectivity index (χ0v) is 11.7. The summed E-state index contributed by atoms with van der Waals surface area (Å²) in [5, 5.41) is 3.70. The van der Waals surface area contributed by atoms with Crippen LogP contribution in [0, 0.1) is 5.92 Å². The molecule has 1 aromatic rings. The first-order chi connectivity index (χ1) is 8.04. The van der Waals surface area contributed by atoms with Gasteiger partial charge in [0.25, 0.3) is 5.91 Å². The summed E-state index contributed by atoms with van der Waals surface area (Å²) >= 11 is 17.4. The lowest BCUT2D eigenvalue weighted by molar-refractivity contribution is 0.0948. The normalized spacial score (nSPS) is 12.2. The molecular weight excluding hydrogens is 280 g/mol. The highest BCUT2D eigenvalue weighted by Gasteiger charge is 2.11. The summed E-state index contributed by atoms with van der Waals surface area (Å²) < 4.78 is 0. The Hall–Kier alpha value is -0.440. The van der Waals surface area contributed by atoms with Crippen LogP contribution in [0.2, 0.25) is 10.0 Å². The predicted octanol–water partition coefficient (Wildman–Crippen LogP) is 3.99. The molecule has 1 atom stereocenters. The number of carbonyl (C=O) groups excluding carboxylic acids is 1. The first kappa shape index (κ1) is 14.6. The van der Waals surface area contributed by atoms with Gasteiger partial charge in [0.15, 0.2) is 0 Å². The molecule has 0 heterocycles. The molecular formula is C12H14Cl3NO. The minimum atomic E-state index is -0.209. The number of nitrogens with one attached hydrogen (secondary N) is 1. The molecule has 17 heavy (non-hydrogen) atoms. The van der Waals surface area contributed by atoms with Crippen molar-refractivity contribution in [1.29, 1.82) is 0 Å². The van der Waals surface area contributed by atoms with E-state index in [0.717, 1.165) is 6.42 Å². The van der Waals surface area contributed by atoms with Gasteiger partial charge in [0, 0.05) is 17.4 Å². The molecule has 94 valence electrons. The topological polar surface area (TPSA) is 29.1 Å². The average molecular weight is 295 g/mol. The number of rotatable bonds is 5. The van der Waals surface area contributed by atoms with Crippen molar-refractivity contribution in [2.24, 2.45) is 5.92 Å². The second-order valence-electron chi connectivity index (χ2n) is 3.92. The molecule has 0 spiro atoms. The maximum Gasteiger partial charge on any atom is 0.252 e. The molecule has 0 saturated heterocycles. The van der Waals surface area contributed by atoms with Crippen molar-refractivity contribution in [3.63, 3.8) is 0 Å². The van der Waals surface area contributed by atoms with Crippen LogP contribution in [-0.4, -0.2) is 18.3 Å². The maximum absolute atomic E-state index is 11.8. The molecule has 0 bridgehead atoms. The van der Waals surface area contributed by atoms with E-state index in [2.05, 4.69) is 5.32 Å². The van der Waals surface area contributed by atoms with Crippen molar-refractivity contribution in [1.82, 2.24) is 5.32 Å². The smallest absolute Gasteiger partial charge is 0.252 e. The third kappa shape index (κ3) is 4.74. The highest BCUT2D eigenvalue weighted by atomic mass is 35.5. The van der Waals surface area contributed by atoms with Crippen molar-refractivity contribution in [2.45, 2.75) is 13.3 Å². The standard InChI is InChI=1S/C12H14Cl3NO/c1-8(4-5-13)7-16-12(17)10-6-9(14)2-3-11(10)15/h2-3,6,8H,4-5,7H2,1H3,(H,16,17). The number of amides is 1. The van der Waals surface area contributed by atoms with Crippen LogP contribution in [0.25, 0.3) is 0 Å². The van der Waals surface area contributed by atoms with E-state index in [1.165, 1.54) is 0 Å². The fourth-order valence-corrected chi connectivity index (χ4v) is 2.07. The first-order valence-corrected chi connectivity index (χ1v) is 6.63. The molecule has 2 nitrogen and oxygen atoms in total. The van der Waals surface area contributed by atoms with E-state index < -0.39 is 0 Å². The van der Waals surface area contributed by atoms with Crippen LogP contribution < -0.4 is 5.32 Å². The lowest BCUT2D eigenvalue weighted by atomic mass is 10.1. The van der Waals surface area contributed by atoms with E-state index in [9.17, 15) is 4.79 Å². The van der Waals surface area contributed by atoms with E-state index in [1.807, 2.05) is 6.92 Å². The second-order valence-corrected chi connectivity index (χ2v) is 5.14. The summed E-state index contributed by atoms with van der Waals surface area (Å²) in [7, 11) is 0. The fraction of sp³-hybridized carbons (Fsp3) is 0.417. The maximum atomic E-state index is 11.8. The van der Waals surface area contributed by atoms with Crippen LogP contribution >= 0.6 is 34.8 Å². The molecule has 0 radical (unpaired) electrons. The van der Waals surface area contributed by atoms with E-state index in [-0.39, 0.29) is 5.91 Å². The third-order valence-electron chi connectivity index (χ3n) is 2.39. The van der Waals surface area contributed by atoms with Gasteiger partial charge in [0.2, 0.25) is 0 Å². The average Bonchev–Trinajstić information content (AvgIpc) is 2.29. The van der Waals surface area contributed by atoms with Gasteiger partial charge < -0.3 is 5.32 Å². The minimum absolute atomic E-state index is 0.209. The number of halogens is 3. The SMILES string of the molecule is CC(CCCl)CNC(=O)c1cc(Cl)ccc1Cl. The number of carbonyl (C=O) groups is 1. The molecule has 5 heteroatoms. The van der Waals surface area contributed by atoms with Crippen molar-refractivity contribution >= 4 is 40.7 Å². The summed E-state index contributed by atoms with van der Waals surface area (Å²) in [6.07, 6.45) is 0.866. The van der Waals surface area contributed by atoms with E-state index in [1.54, 1.807) is 18.2 Å². The quantitative estimate of drug-likeness (QED) is 0.818. The van der Waals surface area contributed by atoms with Crippen molar-refractivity contribution < 1.29 is 4.79 Å². The molecule has 1 aromatic carbocycles. The van der Waals surface area contributed by atoms with Gasteiger partial charge in [-0.25, -0.2) is 0 Å². The summed E-state index contributed by atoms with van der Waals surface area (Å²) in [4.78, 5) is 11.8. The third-order valence-corrected chi connectivity index (χ3v) is 3.17. The molecule has 1 amide bonds. The molecule has 0 aliphatic rings. The summed E-state index contributed by atoms with van der Waals surface area (Å²) in [5.41, 5.74) is 0.400. The van der Waals surface area contributed by atoms with Gasteiger partial charge in [-0.2, -0.15) is 0 Å². The lowest BCUT2D eigenvalue weighted by Gasteiger charge is -2.11.